The largest absolute Gasteiger partial charge is 0.398 e. The Hall–Kier alpha value is -0.830. The summed E-state index contributed by atoms with van der Waals surface area (Å²) in [5.41, 5.74) is 5.50. The van der Waals surface area contributed by atoms with E-state index in [9.17, 15) is 12.8 Å². The summed E-state index contributed by atoms with van der Waals surface area (Å²) >= 11 is 12.1. The first-order chi connectivity index (χ1) is 9.70. The summed E-state index contributed by atoms with van der Waals surface area (Å²) in [4.78, 5) is -0.176. The van der Waals surface area contributed by atoms with Crippen LogP contribution in [0.5, 0.6) is 0 Å². The van der Waals surface area contributed by atoms with Crippen LogP contribution in [-0.4, -0.2) is 8.42 Å². The van der Waals surface area contributed by atoms with Crippen LogP contribution in [0, 0.1) is 5.82 Å². The highest BCUT2D eigenvalue weighted by atomic mass is 79.9. The topological polar surface area (TPSA) is 72.2 Å². The number of halogens is 4. The van der Waals surface area contributed by atoms with Gasteiger partial charge in [0.2, 0.25) is 0 Å². The van der Waals surface area contributed by atoms with Gasteiger partial charge in [0.1, 0.15) is 10.7 Å². The van der Waals surface area contributed by atoms with Crippen LogP contribution in [0.4, 0.5) is 15.8 Å². The molecule has 0 unspecified atom stereocenters. The first kappa shape index (κ1) is 16.5. The Balaban J connectivity index is 2.51. The van der Waals surface area contributed by atoms with Crippen LogP contribution >= 0.6 is 43.5 Å². The molecule has 0 aliphatic carbocycles. The van der Waals surface area contributed by atoms with Gasteiger partial charge in [0.05, 0.1) is 11.4 Å². The normalized spacial score (nSPS) is 11.4. The average molecular weight is 459 g/mol. The van der Waals surface area contributed by atoms with Crippen molar-refractivity contribution in [1.29, 1.82) is 0 Å². The number of sulfonamides is 1. The van der Waals surface area contributed by atoms with Crippen LogP contribution in [0.15, 0.2) is 44.2 Å². The molecule has 0 amide bonds. The second-order valence-electron chi connectivity index (χ2n) is 4.04. The van der Waals surface area contributed by atoms with E-state index >= 15 is 0 Å². The van der Waals surface area contributed by atoms with Crippen LogP contribution in [0.1, 0.15) is 0 Å². The summed E-state index contributed by atoms with van der Waals surface area (Å²) in [7, 11) is -4.07. The summed E-state index contributed by atoms with van der Waals surface area (Å²) < 4.78 is 41.4. The van der Waals surface area contributed by atoms with Crippen molar-refractivity contribution >= 4 is 64.9 Å². The molecule has 4 nitrogen and oxygen atoms in total. The van der Waals surface area contributed by atoms with Gasteiger partial charge in [0, 0.05) is 14.0 Å². The Kier molecular flexibility index (Phi) is 4.82. The molecule has 0 saturated carbocycles. The van der Waals surface area contributed by atoms with Gasteiger partial charge in [-0.1, -0.05) is 27.5 Å². The molecule has 112 valence electrons. The zero-order valence-electron chi connectivity index (χ0n) is 10.2. The van der Waals surface area contributed by atoms with Crippen molar-refractivity contribution in [3.05, 3.63) is 50.1 Å². The molecule has 0 fully saturated rings. The van der Waals surface area contributed by atoms with E-state index < -0.39 is 15.8 Å². The molecule has 0 aliphatic rings. The maximum atomic E-state index is 13.6. The minimum Gasteiger partial charge on any atom is -0.398 e. The lowest BCUT2D eigenvalue weighted by atomic mass is 10.3. The number of anilines is 2. The molecule has 3 N–H and O–H groups in total. The molecule has 0 saturated heterocycles. The standard InChI is InChI=1S/C12H8Br2ClFN2O2S/c13-6-3-8(14)12(10(17)4-6)21(19,20)18-11-5-7(15)1-2-9(11)16/h1-5,18H,17H2. The molecule has 2 aromatic carbocycles. The van der Waals surface area contributed by atoms with E-state index in [1.807, 2.05) is 0 Å². The van der Waals surface area contributed by atoms with E-state index in [0.717, 1.165) is 6.07 Å². The van der Waals surface area contributed by atoms with E-state index in [0.29, 0.717) is 4.47 Å². The van der Waals surface area contributed by atoms with Crippen molar-refractivity contribution in [1.82, 2.24) is 0 Å². The van der Waals surface area contributed by atoms with Crippen LogP contribution in [0.25, 0.3) is 0 Å². The van der Waals surface area contributed by atoms with Gasteiger partial charge in [0.25, 0.3) is 10.0 Å². The maximum absolute atomic E-state index is 13.6. The molecule has 2 rings (SSSR count). The number of nitrogen functional groups attached to an aromatic ring is 1. The number of nitrogens with one attached hydrogen (secondary N) is 1. The fourth-order valence-electron chi connectivity index (χ4n) is 1.64. The fraction of sp³-hybridized carbons (Fsp3) is 0. The minimum atomic E-state index is -4.07. The number of rotatable bonds is 3. The summed E-state index contributed by atoms with van der Waals surface area (Å²) in [6.07, 6.45) is 0. The van der Waals surface area contributed by atoms with Crippen LogP contribution in [-0.2, 0) is 10.0 Å². The van der Waals surface area contributed by atoms with E-state index in [2.05, 4.69) is 36.6 Å². The zero-order valence-corrected chi connectivity index (χ0v) is 14.9. The highest BCUT2D eigenvalue weighted by Crippen LogP contribution is 2.33. The third-order valence-corrected chi connectivity index (χ3v) is 5.54. The van der Waals surface area contributed by atoms with Gasteiger partial charge in [0.15, 0.2) is 0 Å². The molecule has 0 spiro atoms. The molecule has 9 heteroatoms. The first-order valence-electron chi connectivity index (χ1n) is 5.43. The third kappa shape index (κ3) is 3.68. The molecule has 2 aromatic rings. The molecule has 0 bridgehead atoms. The zero-order chi connectivity index (χ0) is 15.8. The van der Waals surface area contributed by atoms with E-state index in [-0.39, 0.29) is 25.8 Å². The van der Waals surface area contributed by atoms with Crippen molar-refractivity contribution in [2.75, 3.05) is 10.5 Å². The molecular formula is C12H8Br2ClFN2O2S. The van der Waals surface area contributed by atoms with Gasteiger partial charge < -0.3 is 5.73 Å². The molecule has 0 aromatic heterocycles. The van der Waals surface area contributed by atoms with E-state index in [1.54, 1.807) is 0 Å². The molecule has 0 atom stereocenters. The summed E-state index contributed by atoms with van der Waals surface area (Å²) in [6.45, 7) is 0. The molecule has 0 heterocycles. The summed E-state index contributed by atoms with van der Waals surface area (Å²) in [5, 5.41) is 0.206. The molecule has 21 heavy (non-hydrogen) atoms. The van der Waals surface area contributed by atoms with Crippen molar-refractivity contribution in [2.45, 2.75) is 4.90 Å². The quantitative estimate of drug-likeness (QED) is 0.671. The lowest BCUT2D eigenvalue weighted by Gasteiger charge is -2.13. The first-order valence-corrected chi connectivity index (χ1v) is 8.88. The minimum absolute atomic E-state index is 0.0196. The van der Waals surface area contributed by atoms with Crippen LogP contribution in [0.3, 0.4) is 0 Å². The summed E-state index contributed by atoms with van der Waals surface area (Å²) in [5.74, 6) is -0.741. The fourth-order valence-corrected chi connectivity index (χ4v) is 4.94. The number of hydrogen-bond donors (Lipinski definition) is 2. The molecule has 0 aliphatic heterocycles. The Morgan fingerprint density at radius 3 is 2.48 bits per heavy atom. The van der Waals surface area contributed by atoms with E-state index in [4.69, 9.17) is 17.3 Å². The van der Waals surface area contributed by atoms with Gasteiger partial charge in [-0.25, -0.2) is 12.8 Å². The van der Waals surface area contributed by atoms with Crippen molar-refractivity contribution in [3.63, 3.8) is 0 Å². The predicted molar refractivity (Wildman–Crippen MR) is 88.5 cm³/mol. The predicted octanol–water partition coefficient (Wildman–Crippen LogP) is 4.39. The van der Waals surface area contributed by atoms with Gasteiger partial charge in [-0.05, 0) is 46.3 Å². The molecular weight excluding hydrogens is 450 g/mol. The second kappa shape index (κ2) is 6.12. The Morgan fingerprint density at radius 2 is 1.86 bits per heavy atom. The van der Waals surface area contributed by atoms with Crippen molar-refractivity contribution in [3.8, 4) is 0 Å². The number of hydrogen-bond acceptors (Lipinski definition) is 3. The van der Waals surface area contributed by atoms with Gasteiger partial charge in [-0.3, -0.25) is 4.72 Å². The Morgan fingerprint density at radius 1 is 1.19 bits per heavy atom. The van der Waals surface area contributed by atoms with Crippen molar-refractivity contribution in [2.24, 2.45) is 0 Å². The van der Waals surface area contributed by atoms with Gasteiger partial charge >= 0.3 is 0 Å². The SMILES string of the molecule is Nc1cc(Br)cc(Br)c1S(=O)(=O)Nc1cc(Cl)ccc1F. The van der Waals surface area contributed by atoms with Crippen LogP contribution in [0.2, 0.25) is 5.02 Å². The Labute approximate surface area is 142 Å². The highest BCUT2D eigenvalue weighted by Gasteiger charge is 2.23. The summed E-state index contributed by atoms with van der Waals surface area (Å²) in [6, 6.07) is 6.53. The van der Waals surface area contributed by atoms with Gasteiger partial charge in [-0.15, -0.1) is 0 Å². The monoisotopic (exact) mass is 456 g/mol. The number of nitrogens with two attached hydrogens (primary N) is 1. The molecule has 0 radical (unpaired) electrons. The number of benzene rings is 2. The van der Waals surface area contributed by atoms with Crippen molar-refractivity contribution < 1.29 is 12.8 Å². The average Bonchev–Trinajstić information content (AvgIpc) is 2.31. The third-order valence-electron chi connectivity index (χ3n) is 2.48. The lowest BCUT2D eigenvalue weighted by Crippen LogP contribution is -2.16. The van der Waals surface area contributed by atoms with Gasteiger partial charge in [-0.2, -0.15) is 0 Å². The lowest BCUT2D eigenvalue weighted by molar-refractivity contribution is 0.598. The van der Waals surface area contributed by atoms with Crippen LogP contribution < -0.4 is 10.5 Å². The van der Waals surface area contributed by atoms with E-state index in [1.165, 1.54) is 24.3 Å². The maximum Gasteiger partial charge on any atom is 0.265 e. The smallest absolute Gasteiger partial charge is 0.265 e. The highest BCUT2D eigenvalue weighted by molar-refractivity contribution is 9.11. The second-order valence-corrected chi connectivity index (χ2v) is 7.86. The Bertz CT molecular complexity index is 792.